The fourth-order valence-electron chi connectivity index (χ4n) is 3.80. The molecule has 3 rings (SSSR count). The highest BCUT2D eigenvalue weighted by atomic mass is 19.4. The minimum absolute atomic E-state index is 0.0177. The van der Waals surface area contributed by atoms with Crippen LogP contribution in [-0.2, 0) is 9.59 Å². The zero-order chi connectivity index (χ0) is 23.8. The SMILES string of the molecule is N#CNC(=N[C@H]1CCCCN(CC(=O)N2CCCC2)C1=O)Nc1cccc(OC(F)(F)F)c1. The standard InChI is InChI=1S/C21H25F3N6O3/c22-21(23,24)33-16-7-5-6-15(12-16)27-20(26-14-25)28-17-8-1-2-11-30(19(17)32)13-18(31)29-9-3-4-10-29/h5-7,12,17H,1-4,8-11,13H2,(H2,26,27,28)/t17-/m0/s1. The lowest BCUT2D eigenvalue weighted by molar-refractivity contribution is -0.274. The van der Waals surface area contributed by atoms with E-state index in [0.29, 0.717) is 32.5 Å². The van der Waals surface area contributed by atoms with E-state index in [1.807, 2.05) is 0 Å². The number of hydrogen-bond acceptors (Lipinski definition) is 5. The molecule has 12 heteroatoms. The van der Waals surface area contributed by atoms with Gasteiger partial charge in [0.1, 0.15) is 11.8 Å². The first-order valence-electron chi connectivity index (χ1n) is 10.7. The summed E-state index contributed by atoms with van der Waals surface area (Å²) in [5.74, 6) is -0.956. The van der Waals surface area contributed by atoms with Gasteiger partial charge in [0.25, 0.3) is 0 Å². The van der Waals surface area contributed by atoms with E-state index in [1.54, 1.807) is 11.1 Å². The van der Waals surface area contributed by atoms with Crippen LogP contribution in [0.5, 0.6) is 5.75 Å². The smallest absolute Gasteiger partial charge is 0.406 e. The van der Waals surface area contributed by atoms with Crippen molar-refractivity contribution in [3.8, 4) is 11.9 Å². The Hall–Kier alpha value is -3.49. The molecule has 0 radical (unpaired) electrons. The second-order valence-electron chi connectivity index (χ2n) is 7.77. The van der Waals surface area contributed by atoms with E-state index in [-0.39, 0.29) is 30.0 Å². The predicted octanol–water partition coefficient (Wildman–Crippen LogP) is 2.43. The van der Waals surface area contributed by atoms with Crippen molar-refractivity contribution in [2.24, 2.45) is 4.99 Å². The van der Waals surface area contributed by atoms with Gasteiger partial charge < -0.3 is 19.9 Å². The van der Waals surface area contributed by atoms with Crippen LogP contribution in [-0.4, -0.2) is 66.2 Å². The van der Waals surface area contributed by atoms with Crippen molar-refractivity contribution in [3.63, 3.8) is 0 Å². The topological polar surface area (TPSA) is 110 Å². The van der Waals surface area contributed by atoms with Gasteiger partial charge in [0.2, 0.25) is 17.8 Å². The molecular weight excluding hydrogens is 441 g/mol. The predicted molar refractivity (Wildman–Crippen MR) is 113 cm³/mol. The van der Waals surface area contributed by atoms with Gasteiger partial charge in [0, 0.05) is 31.4 Å². The average molecular weight is 466 g/mol. The van der Waals surface area contributed by atoms with Crippen LogP contribution in [0.4, 0.5) is 18.9 Å². The minimum atomic E-state index is -4.84. The molecule has 178 valence electrons. The fourth-order valence-corrected chi connectivity index (χ4v) is 3.80. The summed E-state index contributed by atoms with van der Waals surface area (Å²) >= 11 is 0. The maximum atomic E-state index is 13.1. The van der Waals surface area contributed by atoms with E-state index in [0.717, 1.165) is 31.4 Å². The average Bonchev–Trinajstić information content (AvgIpc) is 3.23. The van der Waals surface area contributed by atoms with Crippen LogP contribution in [0, 0.1) is 11.5 Å². The lowest BCUT2D eigenvalue weighted by Crippen LogP contribution is -2.45. The molecule has 2 fully saturated rings. The summed E-state index contributed by atoms with van der Waals surface area (Å²) in [7, 11) is 0. The Balaban J connectivity index is 1.72. The Morgan fingerprint density at radius 2 is 1.94 bits per heavy atom. The third-order valence-corrected chi connectivity index (χ3v) is 5.33. The van der Waals surface area contributed by atoms with E-state index in [2.05, 4.69) is 20.4 Å². The molecule has 2 saturated heterocycles. The number of halogens is 3. The molecule has 2 aliphatic heterocycles. The van der Waals surface area contributed by atoms with E-state index >= 15 is 0 Å². The molecule has 0 unspecified atom stereocenters. The van der Waals surface area contributed by atoms with Crippen LogP contribution < -0.4 is 15.4 Å². The zero-order valence-corrected chi connectivity index (χ0v) is 17.9. The zero-order valence-electron chi connectivity index (χ0n) is 17.9. The van der Waals surface area contributed by atoms with E-state index < -0.39 is 18.2 Å². The molecule has 0 aliphatic carbocycles. The fraction of sp³-hybridized carbons (Fsp3) is 0.524. The van der Waals surface area contributed by atoms with Crippen LogP contribution in [0.3, 0.4) is 0 Å². The van der Waals surface area contributed by atoms with Gasteiger partial charge in [-0.3, -0.25) is 14.9 Å². The number of carbonyl (C=O) groups is 2. The van der Waals surface area contributed by atoms with Gasteiger partial charge in [0.15, 0.2) is 6.19 Å². The number of anilines is 1. The van der Waals surface area contributed by atoms with Crippen LogP contribution >= 0.6 is 0 Å². The van der Waals surface area contributed by atoms with Gasteiger partial charge in [-0.05, 0) is 44.2 Å². The molecule has 0 spiro atoms. The molecule has 0 saturated carbocycles. The highest BCUT2D eigenvalue weighted by Gasteiger charge is 2.32. The first-order valence-corrected chi connectivity index (χ1v) is 10.7. The van der Waals surface area contributed by atoms with Gasteiger partial charge in [-0.15, -0.1) is 13.2 Å². The lowest BCUT2D eigenvalue weighted by Gasteiger charge is -2.25. The number of nitriles is 1. The Kier molecular flexibility index (Phi) is 7.97. The largest absolute Gasteiger partial charge is 0.573 e. The summed E-state index contributed by atoms with van der Waals surface area (Å²) in [6, 6.07) is 4.20. The molecule has 2 aliphatic rings. The number of aliphatic imine (C=N–C) groups is 1. The number of amides is 2. The lowest BCUT2D eigenvalue weighted by atomic mass is 10.1. The number of nitrogens with one attached hydrogen (secondary N) is 2. The minimum Gasteiger partial charge on any atom is -0.406 e. The highest BCUT2D eigenvalue weighted by Crippen LogP contribution is 2.25. The summed E-state index contributed by atoms with van der Waals surface area (Å²) in [5.41, 5.74) is 0.181. The Bertz CT molecular complexity index is 925. The number of nitrogens with zero attached hydrogens (tertiary/aromatic N) is 4. The molecule has 1 aromatic rings. The molecule has 9 nitrogen and oxygen atoms in total. The van der Waals surface area contributed by atoms with Crippen molar-refractivity contribution in [2.75, 3.05) is 31.5 Å². The van der Waals surface area contributed by atoms with Gasteiger partial charge >= 0.3 is 6.36 Å². The van der Waals surface area contributed by atoms with Gasteiger partial charge in [0.05, 0.1) is 6.54 Å². The second-order valence-corrected chi connectivity index (χ2v) is 7.77. The van der Waals surface area contributed by atoms with Crippen molar-refractivity contribution >= 4 is 23.5 Å². The number of alkyl halides is 3. The number of likely N-dealkylation sites (tertiary alicyclic amines) is 2. The summed E-state index contributed by atoms with van der Waals surface area (Å²) in [5, 5.41) is 14.1. The molecule has 2 amide bonds. The number of hydrogen-bond donors (Lipinski definition) is 2. The van der Waals surface area contributed by atoms with Crippen LogP contribution in [0.15, 0.2) is 29.3 Å². The van der Waals surface area contributed by atoms with Crippen molar-refractivity contribution in [2.45, 2.75) is 44.5 Å². The van der Waals surface area contributed by atoms with Crippen molar-refractivity contribution in [1.82, 2.24) is 15.1 Å². The third-order valence-electron chi connectivity index (χ3n) is 5.33. The summed E-state index contributed by atoms with van der Waals surface area (Å²) in [4.78, 5) is 33.1. The first-order chi connectivity index (χ1) is 15.7. The maximum absolute atomic E-state index is 13.1. The van der Waals surface area contributed by atoms with Gasteiger partial charge in [-0.1, -0.05) is 6.07 Å². The summed E-state index contributed by atoms with van der Waals surface area (Å²) in [6.45, 7) is 1.81. The number of rotatable bonds is 5. The number of benzene rings is 1. The van der Waals surface area contributed by atoms with E-state index in [4.69, 9.17) is 5.26 Å². The number of ether oxygens (including phenoxy) is 1. The van der Waals surface area contributed by atoms with Crippen LogP contribution in [0.1, 0.15) is 32.1 Å². The highest BCUT2D eigenvalue weighted by molar-refractivity contribution is 5.97. The van der Waals surface area contributed by atoms with Crippen molar-refractivity contribution < 1.29 is 27.5 Å². The Morgan fingerprint density at radius 3 is 2.64 bits per heavy atom. The third kappa shape index (κ3) is 7.27. The summed E-state index contributed by atoms with van der Waals surface area (Å²) < 4.78 is 41.3. The van der Waals surface area contributed by atoms with Gasteiger partial charge in [-0.2, -0.15) is 5.26 Å². The molecule has 0 aromatic heterocycles. The number of guanidine groups is 1. The van der Waals surface area contributed by atoms with E-state index in [9.17, 15) is 22.8 Å². The van der Waals surface area contributed by atoms with Crippen molar-refractivity contribution in [3.05, 3.63) is 24.3 Å². The first kappa shape index (κ1) is 24.2. The van der Waals surface area contributed by atoms with Gasteiger partial charge in [-0.25, -0.2) is 4.99 Å². The normalized spacial score (nSPS) is 19.6. The van der Waals surface area contributed by atoms with Crippen LogP contribution in [0.2, 0.25) is 0 Å². The molecule has 2 N–H and O–H groups in total. The Morgan fingerprint density at radius 1 is 1.21 bits per heavy atom. The van der Waals surface area contributed by atoms with E-state index in [1.165, 1.54) is 17.0 Å². The monoisotopic (exact) mass is 466 g/mol. The van der Waals surface area contributed by atoms with Crippen molar-refractivity contribution in [1.29, 1.82) is 5.26 Å². The Labute approximate surface area is 189 Å². The quantitative estimate of drug-likeness (QED) is 0.299. The van der Waals surface area contributed by atoms with Crippen LogP contribution in [0.25, 0.3) is 0 Å². The number of carbonyl (C=O) groups excluding carboxylic acids is 2. The molecule has 1 aromatic carbocycles. The molecule has 2 heterocycles. The molecule has 0 bridgehead atoms. The molecule has 1 atom stereocenters. The molecule has 33 heavy (non-hydrogen) atoms. The second kappa shape index (κ2) is 10.9. The maximum Gasteiger partial charge on any atom is 0.573 e. The summed E-state index contributed by atoms with van der Waals surface area (Å²) in [6.07, 6.45) is 0.603. The molecular formula is C21H25F3N6O3.